The lowest BCUT2D eigenvalue weighted by Crippen LogP contribution is -2.54. The Kier molecular flexibility index (Phi) is 8.19. The summed E-state index contributed by atoms with van der Waals surface area (Å²) < 4.78 is 10.4. The van der Waals surface area contributed by atoms with Gasteiger partial charge in [0.05, 0.1) is 41.3 Å². The largest absolute Gasteiger partial charge is 0.453 e. The Morgan fingerprint density at radius 3 is 1.94 bits per heavy atom. The van der Waals surface area contributed by atoms with Gasteiger partial charge >= 0.3 is 12.2 Å². The Morgan fingerprint density at radius 1 is 0.784 bits per heavy atom. The number of amides is 3. The minimum atomic E-state index is -0.589. The summed E-state index contributed by atoms with van der Waals surface area (Å²) in [5.41, 5.74) is 7.30. The van der Waals surface area contributed by atoms with Crippen LogP contribution in [0.4, 0.5) is 9.59 Å². The second kappa shape index (κ2) is 12.7. The zero-order valence-electron chi connectivity index (χ0n) is 29.4. The summed E-state index contributed by atoms with van der Waals surface area (Å²) in [6.45, 7) is 6.30. The lowest BCUT2D eigenvalue weighted by molar-refractivity contribution is -0.139. The van der Waals surface area contributed by atoms with Gasteiger partial charge in [-0.1, -0.05) is 36.4 Å². The number of hydrogen-bond acceptors (Lipinski definition) is 7. The fourth-order valence-corrected chi connectivity index (χ4v) is 7.94. The first-order valence-corrected chi connectivity index (χ1v) is 17.8. The van der Waals surface area contributed by atoms with Gasteiger partial charge < -0.3 is 29.7 Å². The standard InChI is InChI=1S/C39H43N7O5/c1-39(2,3)51-38(49)45-19-5-6-32(45)34-40-27-15-11-24(20-30(27)42-34)22-7-9-23(10-8-22)25-12-16-28-31(21-25)43-35(41-28)33-18-14-26-13-17-29(36(47)46(26)33)44-37(48)50-4/h7-12,15-16,20-21,26,29,32-33H,5-6,13-14,17-19H2,1-4H3,(H,40,42)(H,41,43)(H,44,48)/t26-,29-,32-,33-/m0/s1. The number of H-pyrrole nitrogens is 2. The summed E-state index contributed by atoms with van der Waals surface area (Å²) in [5.74, 6) is 1.48. The topological polar surface area (TPSA) is 146 Å². The van der Waals surface area contributed by atoms with Crippen LogP contribution in [0.5, 0.6) is 0 Å². The molecule has 3 aliphatic rings. The van der Waals surface area contributed by atoms with Crippen LogP contribution in [-0.4, -0.2) is 79.2 Å². The fraction of sp³-hybridized carbons (Fsp3) is 0.410. The van der Waals surface area contributed by atoms with Crippen LogP contribution in [-0.2, 0) is 14.3 Å². The molecule has 3 aromatic carbocycles. The molecule has 8 rings (SSSR count). The Balaban J connectivity index is 0.987. The molecule has 264 valence electrons. The van der Waals surface area contributed by atoms with Crippen molar-refractivity contribution in [3.8, 4) is 22.3 Å². The number of carbonyl (C=O) groups excluding carboxylic acids is 3. The average molecular weight is 690 g/mol. The monoisotopic (exact) mass is 689 g/mol. The van der Waals surface area contributed by atoms with E-state index < -0.39 is 17.7 Å². The smallest absolute Gasteiger partial charge is 0.410 e. The van der Waals surface area contributed by atoms with E-state index in [2.05, 4.69) is 63.8 Å². The number of alkyl carbamates (subject to hydrolysis) is 1. The molecule has 0 radical (unpaired) electrons. The maximum atomic E-state index is 13.4. The predicted octanol–water partition coefficient (Wildman–Crippen LogP) is 7.40. The molecule has 12 nitrogen and oxygen atoms in total. The van der Waals surface area contributed by atoms with Crippen molar-refractivity contribution in [1.82, 2.24) is 35.1 Å². The van der Waals surface area contributed by atoms with Crippen LogP contribution >= 0.6 is 0 Å². The van der Waals surface area contributed by atoms with Gasteiger partial charge in [-0.2, -0.15) is 0 Å². The van der Waals surface area contributed by atoms with Crippen molar-refractivity contribution in [2.75, 3.05) is 13.7 Å². The van der Waals surface area contributed by atoms with E-state index in [0.717, 1.165) is 88.1 Å². The number of aromatic amines is 2. The fourth-order valence-electron chi connectivity index (χ4n) is 7.94. The quantitative estimate of drug-likeness (QED) is 0.174. The third-order valence-electron chi connectivity index (χ3n) is 10.4. The van der Waals surface area contributed by atoms with E-state index in [4.69, 9.17) is 19.4 Å². The third kappa shape index (κ3) is 6.28. The molecular weight excluding hydrogens is 646 g/mol. The highest BCUT2D eigenvalue weighted by Gasteiger charge is 2.45. The van der Waals surface area contributed by atoms with Crippen LogP contribution in [0.25, 0.3) is 44.3 Å². The number of nitrogens with one attached hydrogen (secondary N) is 3. The first-order chi connectivity index (χ1) is 24.5. The summed E-state index contributed by atoms with van der Waals surface area (Å²) in [6, 6.07) is 20.2. The minimum absolute atomic E-state index is 0.0776. The van der Waals surface area contributed by atoms with E-state index in [1.165, 1.54) is 7.11 Å². The number of rotatable bonds is 5. The van der Waals surface area contributed by atoms with Crippen LogP contribution < -0.4 is 5.32 Å². The summed E-state index contributed by atoms with van der Waals surface area (Å²) >= 11 is 0. The Labute approximate surface area is 295 Å². The second-order valence-corrected chi connectivity index (χ2v) is 14.9. The van der Waals surface area contributed by atoms with E-state index in [0.29, 0.717) is 13.0 Å². The zero-order valence-corrected chi connectivity index (χ0v) is 29.4. The first-order valence-electron chi connectivity index (χ1n) is 17.8. The molecule has 3 aliphatic heterocycles. The number of hydrogen-bond donors (Lipinski definition) is 3. The number of fused-ring (bicyclic) bond motifs is 3. The summed E-state index contributed by atoms with van der Waals surface area (Å²) in [6.07, 6.45) is 4.05. The molecule has 5 aromatic rings. The number of ether oxygens (including phenoxy) is 2. The van der Waals surface area contributed by atoms with E-state index in [-0.39, 0.29) is 30.1 Å². The molecule has 0 bridgehead atoms. The number of likely N-dealkylation sites (tertiary alicyclic amines) is 1. The number of aromatic nitrogens is 4. The van der Waals surface area contributed by atoms with Gasteiger partial charge in [-0.3, -0.25) is 9.69 Å². The average Bonchev–Trinajstić information content (AvgIpc) is 3.92. The maximum absolute atomic E-state index is 13.4. The van der Waals surface area contributed by atoms with Crippen molar-refractivity contribution >= 4 is 40.2 Å². The van der Waals surface area contributed by atoms with Crippen molar-refractivity contribution < 1.29 is 23.9 Å². The Hall–Kier alpha value is -5.39. The van der Waals surface area contributed by atoms with Gasteiger partial charge in [0.2, 0.25) is 5.91 Å². The molecular formula is C39H43N7O5. The van der Waals surface area contributed by atoms with Gasteiger partial charge in [-0.15, -0.1) is 0 Å². The van der Waals surface area contributed by atoms with Crippen molar-refractivity contribution in [2.24, 2.45) is 0 Å². The lowest BCUT2D eigenvalue weighted by atomic mass is 9.98. The Bertz CT molecular complexity index is 2130. The summed E-state index contributed by atoms with van der Waals surface area (Å²) in [7, 11) is 1.30. The molecule has 0 spiro atoms. The lowest BCUT2D eigenvalue weighted by Gasteiger charge is -2.37. The predicted molar refractivity (Wildman–Crippen MR) is 193 cm³/mol. The van der Waals surface area contributed by atoms with Crippen LogP contribution in [0.15, 0.2) is 60.7 Å². The second-order valence-electron chi connectivity index (χ2n) is 14.9. The van der Waals surface area contributed by atoms with E-state index in [1.807, 2.05) is 37.8 Å². The molecule has 4 atom stereocenters. The number of nitrogens with zero attached hydrogens (tertiary/aromatic N) is 4. The summed E-state index contributed by atoms with van der Waals surface area (Å²) in [5, 5.41) is 2.70. The van der Waals surface area contributed by atoms with Crippen LogP contribution in [0.1, 0.15) is 83.0 Å². The number of piperidine rings is 1. The summed E-state index contributed by atoms with van der Waals surface area (Å²) in [4.78, 5) is 58.6. The highest BCUT2D eigenvalue weighted by atomic mass is 16.6. The highest BCUT2D eigenvalue weighted by molar-refractivity contribution is 5.88. The van der Waals surface area contributed by atoms with Gasteiger partial charge in [-0.25, -0.2) is 19.6 Å². The number of benzene rings is 3. The van der Waals surface area contributed by atoms with E-state index in [9.17, 15) is 14.4 Å². The molecule has 0 unspecified atom stereocenters. The van der Waals surface area contributed by atoms with Crippen LogP contribution in [0, 0.1) is 0 Å². The zero-order chi connectivity index (χ0) is 35.4. The van der Waals surface area contributed by atoms with Crippen molar-refractivity contribution in [3.05, 3.63) is 72.3 Å². The van der Waals surface area contributed by atoms with E-state index in [1.54, 1.807) is 4.90 Å². The van der Waals surface area contributed by atoms with Crippen LogP contribution in [0.2, 0.25) is 0 Å². The highest BCUT2D eigenvalue weighted by Crippen LogP contribution is 2.41. The third-order valence-corrected chi connectivity index (χ3v) is 10.4. The molecule has 3 saturated heterocycles. The molecule has 0 saturated carbocycles. The van der Waals surface area contributed by atoms with Crippen LogP contribution in [0.3, 0.4) is 0 Å². The van der Waals surface area contributed by atoms with Gasteiger partial charge in [0.15, 0.2) is 0 Å². The van der Waals surface area contributed by atoms with Gasteiger partial charge in [0.1, 0.15) is 23.3 Å². The van der Waals surface area contributed by atoms with Crippen molar-refractivity contribution in [1.29, 1.82) is 0 Å². The number of imidazole rings is 2. The molecule has 5 heterocycles. The van der Waals surface area contributed by atoms with Gasteiger partial charge in [0.25, 0.3) is 0 Å². The van der Waals surface area contributed by atoms with Crippen molar-refractivity contribution in [3.63, 3.8) is 0 Å². The molecule has 0 aliphatic carbocycles. The maximum Gasteiger partial charge on any atom is 0.410 e. The molecule has 3 N–H and O–H groups in total. The number of methoxy groups -OCH3 is 1. The molecule has 51 heavy (non-hydrogen) atoms. The first kappa shape index (κ1) is 32.8. The minimum Gasteiger partial charge on any atom is -0.453 e. The Morgan fingerprint density at radius 2 is 1.35 bits per heavy atom. The van der Waals surface area contributed by atoms with Gasteiger partial charge in [-0.05, 0) is 106 Å². The molecule has 3 amide bonds. The molecule has 2 aromatic heterocycles. The molecule has 12 heteroatoms. The number of carbonyl (C=O) groups is 3. The SMILES string of the molecule is COC(=O)N[C@H]1CC[C@H]2CC[C@@H](c3nc4ccc(-c5ccc(-c6ccc7nc([C@@H]8CCCN8C(=O)OC(C)(C)C)[nH]c7c6)cc5)cc4[nH]3)N2C1=O. The van der Waals surface area contributed by atoms with Gasteiger partial charge in [0, 0.05) is 12.6 Å². The van der Waals surface area contributed by atoms with Crippen molar-refractivity contribution in [2.45, 2.75) is 89.1 Å². The molecule has 3 fully saturated rings. The normalized spacial score (nSPS) is 22.1. The van der Waals surface area contributed by atoms with E-state index >= 15 is 0 Å².